The molecule has 1 amide bonds. The van der Waals surface area contributed by atoms with E-state index in [1.165, 1.54) is 17.1 Å². The number of hydrogen-bond donors (Lipinski definition) is 1. The fourth-order valence-corrected chi connectivity index (χ4v) is 3.14. The van der Waals surface area contributed by atoms with Gasteiger partial charge in [0.1, 0.15) is 6.33 Å². The third-order valence-corrected chi connectivity index (χ3v) is 4.63. The quantitative estimate of drug-likeness (QED) is 0.678. The smallest absolute Gasteiger partial charge is 0.348 e. The van der Waals surface area contributed by atoms with Crippen molar-refractivity contribution in [3.63, 3.8) is 0 Å². The minimum atomic E-state index is -4.44. The molecule has 1 N–H and O–H groups in total. The molecule has 0 spiro atoms. The lowest BCUT2D eigenvalue weighted by Gasteiger charge is -2.32. The zero-order valence-electron chi connectivity index (χ0n) is 16.8. The first-order valence-corrected chi connectivity index (χ1v) is 9.33. The molecule has 0 bridgehead atoms. The van der Waals surface area contributed by atoms with E-state index < -0.39 is 23.2 Å². The van der Waals surface area contributed by atoms with Gasteiger partial charge in [0, 0.05) is 0 Å². The molecule has 9 heteroatoms. The number of halogens is 3. The van der Waals surface area contributed by atoms with Crippen LogP contribution in [0, 0.1) is 5.41 Å². The van der Waals surface area contributed by atoms with Gasteiger partial charge in [0.2, 0.25) is 5.91 Å². The number of rotatable bonds is 5. The van der Waals surface area contributed by atoms with E-state index in [4.69, 9.17) is 0 Å². The molecule has 6 nitrogen and oxygen atoms in total. The summed E-state index contributed by atoms with van der Waals surface area (Å²) >= 11 is 0. The minimum Gasteiger partial charge on any atom is -0.348 e. The molecular weight excluding hydrogens is 395 g/mol. The second-order valence-corrected chi connectivity index (χ2v) is 8.09. The number of benzene rings is 2. The summed E-state index contributed by atoms with van der Waals surface area (Å²) in [4.78, 5) is 12.7. The highest BCUT2D eigenvalue weighted by molar-refractivity contribution is 5.79. The predicted octanol–water partition coefficient (Wildman–Crippen LogP) is 4.13. The van der Waals surface area contributed by atoms with E-state index in [2.05, 4.69) is 20.8 Å². The molecule has 2 aromatic carbocycles. The molecule has 0 saturated heterocycles. The van der Waals surface area contributed by atoms with Gasteiger partial charge in [0.15, 0.2) is 0 Å². The van der Waals surface area contributed by atoms with Crippen LogP contribution in [-0.4, -0.2) is 26.1 Å². The molecule has 1 atom stereocenters. The highest BCUT2D eigenvalue weighted by atomic mass is 19.4. The Morgan fingerprint density at radius 1 is 1.10 bits per heavy atom. The van der Waals surface area contributed by atoms with Crippen LogP contribution in [0.5, 0.6) is 0 Å². The van der Waals surface area contributed by atoms with Gasteiger partial charge in [0.25, 0.3) is 0 Å². The molecule has 0 fully saturated rings. The fourth-order valence-electron chi connectivity index (χ4n) is 3.14. The van der Waals surface area contributed by atoms with E-state index in [0.717, 1.165) is 23.4 Å². The summed E-state index contributed by atoms with van der Waals surface area (Å²) in [6.07, 6.45) is -2.88. The minimum absolute atomic E-state index is 0.0986. The Balaban J connectivity index is 1.75. The number of alkyl halides is 3. The van der Waals surface area contributed by atoms with Gasteiger partial charge in [-0.3, -0.25) is 4.79 Å². The van der Waals surface area contributed by atoms with E-state index in [1.54, 1.807) is 30.3 Å². The zero-order chi connectivity index (χ0) is 21.9. The number of aromatic nitrogens is 4. The fraction of sp³-hybridized carbons (Fsp3) is 0.333. The van der Waals surface area contributed by atoms with Gasteiger partial charge in [-0.15, -0.1) is 5.10 Å². The maximum Gasteiger partial charge on any atom is 0.416 e. The molecule has 0 saturated carbocycles. The van der Waals surface area contributed by atoms with E-state index in [0.29, 0.717) is 5.56 Å². The normalized spacial score (nSPS) is 13.1. The maximum atomic E-state index is 13.1. The molecular formula is C21H22F3N5O. The van der Waals surface area contributed by atoms with Crippen LogP contribution in [0.1, 0.15) is 43.5 Å². The third-order valence-electron chi connectivity index (χ3n) is 4.63. The van der Waals surface area contributed by atoms with E-state index in [9.17, 15) is 18.0 Å². The molecule has 1 aromatic heterocycles. The van der Waals surface area contributed by atoms with E-state index in [1.807, 2.05) is 20.8 Å². The molecule has 3 rings (SSSR count). The molecule has 0 radical (unpaired) electrons. The van der Waals surface area contributed by atoms with Crippen LogP contribution in [0.3, 0.4) is 0 Å². The van der Waals surface area contributed by atoms with Crippen molar-refractivity contribution in [2.24, 2.45) is 5.41 Å². The summed E-state index contributed by atoms with van der Waals surface area (Å²) in [5.74, 6) is -0.275. The van der Waals surface area contributed by atoms with Crippen LogP contribution < -0.4 is 5.32 Å². The third kappa shape index (κ3) is 5.22. The molecule has 0 aliphatic carbocycles. The standard InChI is InChI=1S/C21H22F3N5O/c1-20(2,3)19(15-5-4-6-16(12-15)21(22,23)24)26-18(30)11-14-7-9-17(10-8-14)29-13-25-27-28-29/h4-10,12-13,19H,11H2,1-3H3,(H,26,30). The average molecular weight is 417 g/mol. The summed E-state index contributed by atoms with van der Waals surface area (Å²) in [6.45, 7) is 5.62. The lowest BCUT2D eigenvalue weighted by Crippen LogP contribution is -2.37. The maximum absolute atomic E-state index is 13.1. The molecule has 1 unspecified atom stereocenters. The second-order valence-electron chi connectivity index (χ2n) is 8.09. The van der Waals surface area contributed by atoms with Crippen molar-refractivity contribution < 1.29 is 18.0 Å². The Kier molecular flexibility index (Phi) is 5.91. The van der Waals surface area contributed by atoms with Gasteiger partial charge in [-0.1, -0.05) is 45.0 Å². The van der Waals surface area contributed by atoms with Crippen LogP contribution >= 0.6 is 0 Å². The number of nitrogens with zero attached hydrogens (tertiary/aromatic N) is 4. The van der Waals surface area contributed by atoms with Gasteiger partial charge < -0.3 is 5.32 Å². The summed E-state index contributed by atoms with van der Waals surface area (Å²) in [6, 6.07) is 11.6. The van der Waals surface area contributed by atoms with Crippen molar-refractivity contribution in [3.8, 4) is 5.69 Å². The first kappa shape index (κ1) is 21.5. The van der Waals surface area contributed by atoms with Crippen molar-refractivity contribution in [2.75, 3.05) is 0 Å². The highest BCUT2D eigenvalue weighted by Crippen LogP contribution is 2.36. The van der Waals surface area contributed by atoms with Crippen LogP contribution in [0.2, 0.25) is 0 Å². The van der Waals surface area contributed by atoms with Crippen LogP contribution in [0.25, 0.3) is 5.69 Å². The Labute approximate surface area is 172 Å². The number of amides is 1. The van der Waals surface area contributed by atoms with Crippen molar-refractivity contribution in [1.82, 2.24) is 25.5 Å². The predicted molar refractivity (Wildman–Crippen MR) is 105 cm³/mol. The first-order valence-electron chi connectivity index (χ1n) is 9.33. The van der Waals surface area contributed by atoms with Crippen molar-refractivity contribution >= 4 is 5.91 Å². The molecule has 3 aromatic rings. The first-order chi connectivity index (χ1) is 14.0. The molecule has 1 heterocycles. The summed E-state index contributed by atoms with van der Waals surface area (Å²) in [7, 11) is 0. The number of hydrogen-bond acceptors (Lipinski definition) is 4. The Morgan fingerprint density at radius 3 is 2.37 bits per heavy atom. The van der Waals surface area contributed by atoms with E-state index in [-0.39, 0.29) is 12.3 Å². The molecule has 0 aliphatic rings. The van der Waals surface area contributed by atoms with E-state index >= 15 is 0 Å². The van der Waals surface area contributed by atoms with Gasteiger partial charge in [-0.25, -0.2) is 4.68 Å². The molecule has 158 valence electrons. The second kappa shape index (κ2) is 8.25. The lowest BCUT2D eigenvalue weighted by atomic mass is 9.81. The topological polar surface area (TPSA) is 72.7 Å². The van der Waals surface area contributed by atoms with Crippen molar-refractivity contribution in [1.29, 1.82) is 0 Å². The zero-order valence-corrected chi connectivity index (χ0v) is 16.8. The molecule has 0 aliphatic heterocycles. The highest BCUT2D eigenvalue weighted by Gasteiger charge is 2.33. The number of tetrazole rings is 1. The summed E-state index contributed by atoms with van der Waals surface area (Å²) in [5, 5.41) is 13.8. The monoisotopic (exact) mass is 417 g/mol. The number of nitrogens with one attached hydrogen (secondary N) is 1. The molecule has 30 heavy (non-hydrogen) atoms. The van der Waals surface area contributed by atoms with Crippen molar-refractivity contribution in [3.05, 3.63) is 71.5 Å². The Hall–Kier alpha value is -3.23. The average Bonchev–Trinajstić information content (AvgIpc) is 3.20. The van der Waals surface area contributed by atoms with Crippen LogP contribution in [0.15, 0.2) is 54.9 Å². The van der Waals surface area contributed by atoms with Gasteiger partial charge in [0.05, 0.1) is 23.7 Å². The van der Waals surface area contributed by atoms with Crippen molar-refractivity contribution in [2.45, 2.75) is 39.4 Å². The van der Waals surface area contributed by atoms with Gasteiger partial charge >= 0.3 is 6.18 Å². The lowest BCUT2D eigenvalue weighted by molar-refractivity contribution is -0.137. The summed E-state index contributed by atoms with van der Waals surface area (Å²) < 4.78 is 40.8. The van der Waals surface area contributed by atoms with Crippen LogP contribution in [0.4, 0.5) is 13.2 Å². The Morgan fingerprint density at radius 2 is 1.80 bits per heavy atom. The van der Waals surface area contributed by atoms with Gasteiger partial charge in [-0.2, -0.15) is 13.2 Å². The number of carbonyl (C=O) groups is 1. The summed E-state index contributed by atoms with van der Waals surface area (Å²) in [5.41, 5.74) is 0.715. The van der Waals surface area contributed by atoms with Crippen LogP contribution in [-0.2, 0) is 17.4 Å². The SMILES string of the molecule is CC(C)(C)C(NC(=O)Cc1ccc(-n2cnnn2)cc1)c1cccc(C(F)(F)F)c1. The number of carbonyl (C=O) groups excluding carboxylic acids is 1. The van der Waals surface area contributed by atoms with Gasteiger partial charge in [-0.05, 0) is 51.2 Å². The Bertz CT molecular complexity index is 993. The largest absolute Gasteiger partial charge is 0.416 e.